The number of likely N-dealkylation sites (N-methyl/N-ethyl adjacent to an activating group) is 2. The molecule has 0 aliphatic carbocycles. The van der Waals surface area contributed by atoms with Crippen LogP contribution in [0.2, 0.25) is 0 Å². The maximum absolute atomic E-state index is 13.4. The molecule has 0 aromatic heterocycles. The van der Waals surface area contributed by atoms with Gasteiger partial charge < -0.3 is 10.6 Å². The number of halogens is 1. The molecule has 2 N–H and O–H groups in total. The van der Waals surface area contributed by atoms with Crippen LogP contribution in [0.4, 0.5) is 10.1 Å². The Bertz CT molecular complexity index is 633. The molecule has 1 saturated heterocycles. The van der Waals surface area contributed by atoms with Crippen LogP contribution in [0.5, 0.6) is 0 Å². The van der Waals surface area contributed by atoms with E-state index in [-0.39, 0.29) is 16.6 Å². The van der Waals surface area contributed by atoms with E-state index in [9.17, 15) is 12.8 Å². The third kappa shape index (κ3) is 3.20. The second kappa shape index (κ2) is 5.90. The number of benzene rings is 1. The molecular formula is C14H22FN3O2S. The van der Waals surface area contributed by atoms with Gasteiger partial charge in [-0.3, -0.25) is 0 Å². The highest BCUT2D eigenvalue weighted by atomic mass is 32.2. The molecule has 1 aromatic rings. The van der Waals surface area contributed by atoms with E-state index in [4.69, 9.17) is 5.73 Å². The first-order valence-electron chi connectivity index (χ1n) is 6.95. The zero-order valence-electron chi connectivity index (χ0n) is 12.6. The normalized spacial score (nSPS) is 20.3. The molecule has 7 heteroatoms. The van der Waals surface area contributed by atoms with Crippen molar-refractivity contribution in [3.63, 3.8) is 0 Å². The van der Waals surface area contributed by atoms with Gasteiger partial charge in [0.25, 0.3) is 0 Å². The second-order valence-corrected chi connectivity index (χ2v) is 7.71. The standard InChI is InChI=1S/C14H22FN3O2S/c1-10-7-12(15)13(16)8-14(10)21(19,20)18(3)9-11-5-4-6-17(11)2/h7-8,11H,4-6,9,16H2,1-3H3. The summed E-state index contributed by atoms with van der Waals surface area (Å²) in [7, 11) is -0.105. The van der Waals surface area contributed by atoms with Gasteiger partial charge in [-0.25, -0.2) is 12.8 Å². The van der Waals surface area contributed by atoms with Crippen molar-refractivity contribution >= 4 is 15.7 Å². The number of nitrogen functional groups attached to an aromatic ring is 1. The molecule has 1 aliphatic heterocycles. The average Bonchev–Trinajstić information content (AvgIpc) is 2.79. The number of sulfonamides is 1. The number of rotatable bonds is 4. The Labute approximate surface area is 125 Å². The van der Waals surface area contributed by atoms with Crippen LogP contribution < -0.4 is 5.73 Å². The van der Waals surface area contributed by atoms with Crippen LogP contribution in [-0.2, 0) is 10.0 Å². The maximum Gasteiger partial charge on any atom is 0.243 e. The van der Waals surface area contributed by atoms with Gasteiger partial charge in [-0.1, -0.05) is 0 Å². The van der Waals surface area contributed by atoms with E-state index in [0.29, 0.717) is 12.1 Å². The van der Waals surface area contributed by atoms with E-state index in [1.54, 1.807) is 14.0 Å². The summed E-state index contributed by atoms with van der Waals surface area (Å²) in [4.78, 5) is 2.24. The Kier molecular flexibility index (Phi) is 4.55. The Balaban J connectivity index is 2.27. The highest BCUT2D eigenvalue weighted by Gasteiger charge is 2.29. The fourth-order valence-electron chi connectivity index (χ4n) is 2.72. The molecular weight excluding hydrogens is 293 g/mol. The monoisotopic (exact) mass is 315 g/mol. The summed E-state index contributed by atoms with van der Waals surface area (Å²) in [6.07, 6.45) is 2.07. The molecule has 5 nitrogen and oxygen atoms in total. The minimum Gasteiger partial charge on any atom is -0.396 e. The molecule has 1 aliphatic rings. The predicted octanol–water partition coefficient (Wildman–Crippen LogP) is 1.43. The third-order valence-corrected chi connectivity index (χ3v) is 6.09. The Morgan fingerprint density at radius 1 is 1.48 bits per heavy atom. The van der Waals surface area contributed by atoms with Crippen molar-refractivity contribution in [1.29, 1.82) is 0 Å². The van der Waals surface area contributed by atoms with E-state index < -0.39 is 15.8 Å². The van der Waals surface area contributed by atoms with Gasteiger partial charge in [0, 0.05) is 19.6 Å². The molecule has 1 unspecified atom stereocenters. The van der Waals surface area contributed by atoms with Crippen LogP contribution in [0.25, 0.3) is 0 Å². The topological polar surface area (TPSA) is 66.6 Å². The van der Waals surface area contributed by atoms with Crippen molar-refractivity contribution < 1.29 is 12.8 Å². The van der Waals surface area contributed by atoms with Gasteiger partial charge in [0.15, 0.2) is 0 Å². The highest BCUT2D eigenvalue weighted by molar-refractivity contribution is 7.89. The van der Waals surface area contributed by atoms with Crippen LogP contribution in [0.15, 0.2) is 17.0 Å². The van der Waals surface area contributed by atoms with Crippen molar-refractivity contribution in [1.82, 2.24) is 9.21 Å². The van der Waals surface area contributed by atoms with Crippen LogP contribution in [0, 0.1) is 12.7 Å². The number of hydrogen-bond donors (Lipinski definition) is 1. The summed E-state index contributed by atoms with van der Waals surface area (Å²) in [6, 6.07) is 2.59. The molecule has 1 heterocycles. The summed E-state index contributed by atoms with van der Waals surface area (Å²) >= 11 is 0. The highest BCUT2D eigenvalue weighted by Crippen LogP contribution is 2.25. The second-order valence-electron chi connectivity index (χ2n) is 5.70. The lowest BCUT2D eigenvalue weighted by Crippen LogP contribution is -2.39. The molecule has 0 bridgehead atoms. The zero-order chi connectivity index (χ0) is 15.8. The molecule has 0 spiro atoms. The quantitative estimate of drug-likeness (QED) is 0.854. The van der Waals surface area contributed by atoms with Crippen molar-refractivity contribution in [2.24, 2.45) is 0 Å². The molecule has 118 valence electrons. The van der Waals surface area contributed by atoms with Gasteiger partial charge in [0.05, 0.1) is 10.6 Å². The SMILES string of the molecule is Cc1cc(F)c(N)cc1S(=O)(=O)N(C)CC1CCCN1C. The molecule has 0 radical (unpaired) electrons. The summed E-state index contributed by atoms with van der Waals surface area (Å²) in [5.41, 5.74) is 5.73. The number of anilines is 1. The lowest BCUT2D eigenvalue weighted by Gasteiger charge is -2.26. The molecule has 0 amide bonds. The summed E-state index contributed by atoms with van der Waals surface area (Å²) in [5.74, 6) is -0.593. The van der Waals surface area contributed by atoms with Crippen molar-refractivity contribution in [2.75, 3.05) is 32.9 Å². The molecule has 1 fully saturated rings. The van der Waals surface area contributed by atoms with Crippen molar-refractivity contribution in [2.45, 2.75) is 30.7 Å². The minimum atomic E-state index is -3.66. The molecule has 0 saturated carbocycles. The van der Waals surface area contributed by atoms with Gasteiger partial charge in [0.1, 0.15) is 5.82 Å². The zero-order valence-corrected chi connectivity index (χ0v) is 13.5. The number of likely N-dealkylation sites (tertiary alicyclic amines) is 1. The molecule has 2 rings (SSSR count). The lowest BCUT2D eigenvalue weighted by molar-refractivity contribution is 0.271. The first-order chi connectivity index (χ1) is 9.73. The Morgan fingerprint density at radius 2 is 2.14 bits per heavy atom. The largest absolute Gasteiger partial charge is 0.396 e. The van der Waals surface area contributed by atoms with Crippen molar-refractivity contribution in [3.8, 4) is 0 Å². The van der Waals surface area contributed by atoms with E-state index in [1.807, 2.05) is 7.05 Å². The van der Waals surface area contributed by atoms with Crippen LogP contribution >= 0.6 is 0 Å². The molecule has 21 heavy (non-hydrogen) atoms. The average molecular weight is 315 g/mol. The number of hydrogen-bond acceptors (Lipinski definition) is 4. The van der Waals surface area contributed by atoms with Gasteiger partial charge in [0.2, 0.25) is 10.0 Å². The van der Waals surface area contributed by atoms with Gasteiger partial charge in [-0.2, -0.15) is 4.31 Å². The number of aryl methyl sites for hydroxylation is 1. The smallest absolute Gasteiger partial charge is 0.243 e. The van der Waals surface area contributed by atoms with Gasteiger partial charge in [-0.05, 0) is 51.1 Å². The lowest BCUT2D eigenvalue weighted by atomic mass is 10.2. The fourth-order valence-corrected chi connectivity index (χ4v) is 4.17. The van der Waals surface area contributed by atoms with Crippen LogP contribution in [0.1, 0.15) is 18.4 Å². The van der Waals surface area contributed by atoms with E-state index in [1.165, 1.54) is 10.4 Å². The summed E-state index contributed by atoms with van der Waals surface area (Å²) < 4.78 is 40.0. The van der Waals surface area contributed by atoms with Crippen LogP contribution in [0.3, 0.4) is 0 Å². The third-order valence-electron chi connectivity index (χ3n) is 4.12. The van der Waals surface area contributed by atoms with Crippen LogP contribution in [-0.4, -0.2) is 50.8 Å². The molecule has 1 aromatic carbocycles. The van der Waals surface area contributed by atoms with E-state index in [0.717, 1.165) is 25.5 Å². The van der Waals surface area contributed by atoms with E-state index in [2.05, 4.69) is 4.90 Å². The minimum absolute atomic E-state index is 0.0737. The van der Waals surface area contributed by atoms with Crippen molar-refractivity contribution in [3.05, 3.63) is 23.5 Å². The summed E-state index contributed by atoms with van der Waals surface area (Å²) in [6.45, 7) is 2.99. The molecule has 1 atom stereocenters. The Hall–Kier alpha value is -1.18. The number of nitrogens with zero attached hydrogens (tertiary/aromatic N) is 2. The Morgan fingerprint density at radius 3 is 2.71 bits per heavy atom. The predicted molar refractivity (Wildman–Crippen MR) is 81.0 cm³/mol. The van der Waals surface area contributed by atoms with Gasteiger partial charge in [-0.15, -0.1) is 0 Å². The summed E-state index contributed by atoms with van der Waals surface area (Å²) in [5, 5.41) is 0. The first-order valence-corrected chi connectivity index (χ1v) is 8.39. The number of nitrogens with two attached hydrogens (primary N) is 1. The van der Waals surface area contributed by atoms with E-state index >= 15 is 0 Å². The first kappa shape index (κ1) is 16.2. The fraction of sp³-hybridized carbons (Fsp3) is 0.571. The maximum atomic E-state index is 13.4. The van der Waals surface area contributed by atoms with Gasteiger partial charge >= 0.3 is 0 Å².